The molecule has 0 aromatic heterocycles. The second-order valence-corrected chi connectivity index (χ2v) is 4.66. The fraction of sp³-hybridized carbons (Fsp3) is 0.538. The highest BCUT2D eigenvalue weighted by Gasteiger charge is 2.25. The molecule has 3 N–H and O–H groups in total. The second kappa shape index (κ2) is 5.49. The van der Waals surface area contributed by atoms with E-state index in [2.05, 4.69) is 17.9 Å². The van der Waals surface area contributed by atoms with Crippen molar-refractivity contribution in [1.82, 2.24) is 4.90 Å². The predicted octanol–water partition coefficient (Wildman–Crippen LogP) is 0.850. The van der Waals surface area contributed by atoms with Gasteiger partial charge in [0, 0.05) is 24.8 Å². The number of ether oxygens (including phenoxy) is 1. The molecule has 0 radical (unpaired) electrons. The van der Waals surface area contributed by atoms with Crippen molar-refractivity contribution in [1.29, 1.82) is 0 Å². The van der Waals surface area contributed by atoms with Crippen LogP contribution in [0.4, 0.5) is 5.69 Å². The van der Waals surface area contributed by atoms with Crippen molar-refractivity contribution in [2.24, 2.45) is 0 Å². The van der Waals surface area contributed by atoms with E-state index < -0.39 is 0 Å². The van der Waals surface area contributed by atoms with Crippen LogP contribution in [0.25, 0.3) is 0 Å². The standard InChI is InChI=1S/C13H20N2O2/c1-10-9-17-13(8-16)7-15(10)6-11-3-2-4-12(14)5-11/h2-5,10,13,16H,6-9,14H2,1H3. The van der Waals surface area contributed by atoms with E-state index in [9.17, 15) is 0 Å². The largest absolute Gasteiger partial charge is 0.399 e. The van der Waals surface area contributed by atoms with Gasteiger partial charge in [-0.1, -0.05) is 12.1 Å². The highest BCUT2D eigenvalue weighted by molar-refractivity contribution is 5.40. The van der Waals surface area contributed by atoms with Crippen LogP contribution < -0.4 is 5.73 Å². The zero-order valence-corrected chi connectivity index (χ0v) is 10.2. The lowest BCUT2D eigenvalue weighted by Crippen LogP contribution is -2.48. The fourth-order valence-corrected chi connectivity index (χ4v) is 2.13. The van der Waals surface area contributed by atoms with Gasteiger partial charge in [-0.05, 0) is 24.6 Å². The molecule has 0 saturated carbocycles. The maximum atomic E-state index is 9.13. The lowest BCUT2D eigenvalue weighted by Gasteiger charge is -2.37. The summed E-state index contributed by atoms with van der Waals surface area (Å²) in [6.45, 7) is 4.52. The van der Waals surface area contributed by atoms with Crippen molar-refractivity contribution in [2.45, 2.75) is 25.6 Å². The van der Waals surface area contributed by atoms with Gasteiger partial charge in [0.15, 0.2) is 0 Å². The molecule has 1 heterocycles. The van der Waals surface area contributed by atoms with Gasteiger partial charge < -0.3 is 15.6 Å². The number of morpholine rings is 1. The smallest absolute Gasteiger partial charge is 0.0933 e. The van der Waals surface area contributed by atoms with Crippen LogP contribution in [0.15, 0.2) is 24.3 Å². The van der Waals surface area contributed by atoms with E-state index in [-0.39, 0.29) is 12.7 Å². The third-order valence-corrected chi connectivity index (χ3v) is 3.17. The van der Waals surface area contributed by atoms with Crippen LogP contribution in [0.5, 0.6) is 0 Å². The van der Waals surface area contributed by atoms with E-state index in [1.54, 1.807) is 0 Å². The third-order valence-electron chi connectivity index (χ3n) is 3.17. The Hall–Kier alpha value is -1.10. The molecular formula is C13H20N2O2. The molecule has 2 unspecified atom stereocenters. The maximum Gasteiger partial charge on any atom is 0.0933 e. The summed E-state index contributed by atoms with van der Waals surface area (Å²) in [6, 6.07) is 8.31. The molecule has 2 atom stereocenters. The van der Waals surface area contributed by atoms with Crippen molar-refractivity contribution in [3.63, 3.8) is 0 Å². The summed E-state index contributed by atoms with van der Waals surface area (Å²) in [5, 5.41) is 9.13. The van der Waals surface area contributed by atoms with E-state index >= 15 is 0 Å². The van der Waals surface area contributed by atoms with Gasteiger partial charge in [-0.2, -0.15) is 0 Å². The summed E-state index contributed by atoms with van der Waals surface area (Å²) < 4.78 is 5.51. The van der Waals surface area contributed by atoms with Crippen molar-refractivity contribution in [3.05, 3.63) is 29.8 Å². The summed E-state index contributed by atoms with van der Waals surface area (Å²) in [4.78, 5) is 2.32. The molecule has 1 fully saturated rings. The molecule has 4 nitrogen and oxygen atoms in total. The first-order chi connectivity index (χ1) is 8.19. The van der Waals surface area contributed by atoms with Gasteiger partial charge in [-0.15, -0.1) is 0 Å². The lowest BCUT2D eigenvalue weighted by atomic mass is 10.1. The first-order valence-corrected chi connectivity index (χ1v) is 6.00. The molecule has 0 spiro atoms. The van der Waals surface area contributed by atoms with Crippen LogP contribution in [0, 0.1) is 0 Å². The van der Waals surface area contributed by atoms with Crippen LogP contribution in [0.2, 0.25) is 0 Å². The summed E-state index contributed by atoms with van der Waals surface area (Å²) in [5.74, 6) is 0. The molecule has 17 heavy (non-hydrogen) atoms. The van der Waals surface area contributed by atoms with E-state index in [0.29, 0.717) is 12.6 Å². The second-order valence-electron chi connectivity index (χ2n) is 4.66. The van der Waals surface area contributed by atoms with Crippen LogP contribution in [-0.4, -0.2) is 41.9 Å². The summed E-state index contributed by atoms with van der Waals surface area (Å²) in [6.07, 6.45) is -0.0627. The molecule has 1 saturated heterocycles. The minimum Gasteiger partial charge on any atom is -0.399 e. The first kappa shape index (κ1) is 12.4. The number of nitrogen functional groups attached to an aromatic ring is 1. The number of hydrogen-bond donors (Lipinski definition) is 2. The number of benzene rings is 1. The SMILES string of the molecule is CC1COC(CO)CN1Cc1cccc(N)c1. The Balaban J connectivity index is 2.01. The Bertz CT molecular complexity index is 370. The molecule has 0 aliphatic carbocycles. The quantitative estimate of drug-likeness (QED) is 0.764. The van der Waals surface area contributed by atoms with E-state index in [0.717, 1.165) is 18.8 Å². The Morgan fingerprint density at radius 3 is 3.06 bits per heavy atom. The fourth-order valence-electron chi connectivity index (χ4n) is 2.13. The predicted molar refractivity (Wildman–Crippen MR) is 67.6 cm³/mol. The average molecular weight is 236 g/mol. The molecule has 1 aromatic rings. The summed E-state index contributed by atoms with van der Waals surface area (Å²) in [7, 11) is 0. The Morgan fingerprint density at radius 1 is 1.53 bits per heavy atom. The number of hydrogen-bond acceptors (Lipinski definition) is 4. The highest BCUT2D eigenvalue weighted by Crippen LogP contribution is 2.16. The molecule has 1 aliphatic heterocycles. The molecular weight excluding hydrogens is 216 g/mol. The van der Waals surface area contributed by atoms with Gasteiger partial charge in [-0.25, -0.2) is 0 Å². The molecule has 2 rings (SSSR count). The normalized spacial score (nSPS) is 26.0. The number of aliphatic hydroxyl groups is 1. The molecule has 94 valence electrons. The lowest BCUT2D eigenvalue weighted by molar-refractivity contribution is -0.0805. The van der Waals surface area contributed by atoms with Crippen LogP contribution in [-0.2, 0) is 11.3 Å². The van der Waals surface area contributed by atoms with Crippen molar-refractivity contribution in [3.8, 4) is 0 Å². The summed E-state index contributed by atoms with van der Waals surface area (Å²) >= 11 is 0. The Labute approximate surface area is 102 Å². The molecule has 0 amide bonds. The van der Waals surface area contributed by atoms with Gasteiger partial charge in [0.05, 0.1) is 19.3 Å². The van der Waals surface area contributed by atoms with E-state index in [1.165, 1.54) is 5.56 Å². The van der Waals surface area contributed by atoms with Crippen molar-refractivity contribution in [2.75, 3.05) is 25.5 Å². The highest BCUT2D eigenvalue weighted by atomic mass is 16.5. The molecule has 1 aromatic carbocycles. The van der Waals surface area contributed by atoms with Crippen molar-refractivity contribution < 1.29 is 9.84 Å². The van der Waals surface area contributed by atoms with Gasteiger partial charge >= 0.3 is 0 Å². The molecule has 1 aliphatic rings. The van der Waals surface area contributed by atoms with Crippen LogP contribution >= 0.6 is 0 Å². The first-order valence-electron chi connectivity index (χ1n) is 6.00. The zero-order chi connectivity index (χ0) is 12.3. The Morgan fingerprint density at radius 2 is 2.35 bits per heavy atom. The number of anilines is 1. The molecule has 0 bridgehead atoms. The van der Waals surface area contributed by atoms with Gasteiger partial charge in [0.25, 0.3) is 0 Å². The Kier molecular flexibility index (Phi) is 3.99. The summed E-state index contributed by atoms with van der Waals surface area (Å²) in [5.41, 5.74) is 7.77. The number of rotatable bonds is 3. The molecule has 4 heteroatoms. The minimum atomic E-state index is -0.0627. The minimum absolute atomic E-state index is 0.0627. The van der Waals surface area contributed by atoms with E-state index in [1.807, 2.05) is 18.2 Å². The van der Waals surface area contributed by atoms with Gasteiger partial charge in [-0.3, -0.25) is 4.90 Å². The number of nitrogens with two attached hydrogens (primary N) is 1. The van der Waals surface area contributed by atoms with Crippen LogP contribution in [0.1, 0.15) is 12.5 Å². The zero-order valence-electron chi connectivity index (χ0n) is 10.2. The third kappa shape index (κ3) is 3.19. The maximum absolute atomic E-state index is 9.13. The van der Waals surface area contributed by atoms with Crippen LogP contribution in [0.3, 0.4) is 0 Å². The topological polar surface area (TPSA) is 58.7 Å². The number of aliphatic hydroxyl groups excluding tert-OH is 1. The monoisotopic (exact) mass is 236 g/mol. The van der Waals surface area contributed by atoms with E-state index in [4.69, 9.17) is 15.6 Å². The van der Waals surface area contributed by atoms with Gasteiger partial charge in [0.2, 0.25) is 0 Å². The number of nitrogens with zero attached hydrogens (tertiary/aromatic N) is 1. The van der Waals surface area contributed by atoms with Gasteiger partial charge in [0.1, 0.15) is 0 Å². The van der Waals surface area contributed by atoms with Crippen molar-refractivity contribution >= 4 is 5.69 Å². The average Bonchev–Trinajstić information content (AvgIpc) is 2.32.